The molecule has 158 valence electrons. The molecule has 1 unspecified atom stereocenters. The monoisotopic (exact) mass is 415 g/mol. The lowest BCUT2D eigenvalue weighted by Gasteiger charge is -2.31. The molecule has 2 N–H and O–H groups in total. The molecular weight excluding hydrogens is 390 g/mol. The van der Waals surface area contributed by atoms with Gasteiger partial charge >= 0.3 is 0 Å². The highest BCUT2D eigenvalue weighted by molar-refractivity contribution is 5.83. The van der Waals surface area contributed by atoms with Crippen LogP contribution in [0.3, 0.4) is 0 Å². The third-order valence-corrected chi connectivity index (χ3v) is 5.56. The van der Waals surface area contributed by atoms with E-state index in [0.717, 1.165) is 59.0 Å². The number of aliphatic hydroxyl groups is 1. The normalized spacial score (nSPS) is 16.6. The first-order valence-electron chi connectivity index (χ1n) is 10.5. The van der Waals surface area contributed by atoms with Crippen molar-refractivity contribution in [2.45, 2.75) is 32.8 Å². The zero-order valence-electron chi connectivity index (χ0n) is 17.7. The number of fused-ring (bicyclic) bond motifs is 1. The van der Waals surface area contributed by atoms with Crippen LogP contribution in [0.1, 0.15) is 24.1 Å². The van der Waals surface area contributed by atoms with Gasteiger partial charge in [-0.2, -0.15) is 14.8 Å². The third-order valence-electron chi connectivity index (χ3n) is 5.56. The number of pyridine rings is 1. The minimum Gasteiger partial charge on any atom is -0.391 e. The summed E-state index contributed by atoms with van der Waals surface area (Å²) in [5.41, 5.74) is 2.94. The second-order valence-electron chi connectivity index (χ2n) is 8.00. The van der Waals surface area contributed by atoms with Crippen molar-refractivity contribution in [1.29, 1.82) is 0 Å². The molecule has 3 aromatic heterocycles. The maximum atomic E-state index is 9.99. The summed E-state index contributed by atoms with van der Waals surface area (Å²) >= 11 is 0. The molecule has 1 saturated heterocycles. The number of aliphatic hydroxyl groups excluding tert-OH is 1. The highest BCUT2D eigenvalue weighted by atomic mass is 16.3. The fourth-order valence-corrected chi connectivity index (χ4v) is 4.07. The molecule has 1 aliphatic rings. The van der Waals surface area contributed by atoms with Crippen LogP contribution in [-0.2, 0) is 0 Å². The molecule has 1 aliphatic heterocycles. The minimum atomic E-state index is -0.313. The fourth-order valence-electron chi connectivity index (χ4n) is 4.07. The van der Waals surface area contributed by atoms with E-state index in [1.807, 2.05) is 43.3 Å². The van der Waals surface area contributed by atoms with Crippen LogP contribution in [0.2, 0.25) is 0 Å². The molecule has 4 aromatic rings. The van der Waals surface area contributed by atoms with E-state index in [9.17, 15) is 5.11 Å². The zero-order valence-corrected chi connectivity index (χ0v) is 17.7. The Kier molecular flexibility index (Phi) is 4.99. The van der Waals surface area contributed by atoms with Gasteiger partial charge in [0.1, 0.15) is 11.6 Å². The molecule has 1 fully saturated rings. The van der Waals surface area contributed by atoms with Gasteiger partial charge in [-0.15, -0.1) is 0 Å². The van der Waals surface area contributed by atoms with Gasteiger partial charge in [-0.1, -0.05) is 18.2 Å². The van der Waals surface area contributed by atoms with Crippen molar-refractivity contribution in [3.05, 3.63) is 59.9 Å². The van der Waals surface area contributed by atoms with Gasteiger partial charge in [0.15, 0.2) is 5.82 Å². The first kappa shape index (κ1) is 19.4. The van der Waals surface area contributed by atoms with Crippen molar-refractivity contribution in [3.8, 4) is 5.82 Å². The largest absolute Gasteiger partial charge is 0.391 e. The highest BCUT2D eigenvalue weighted by Gasteiger charge is 2.19. The van der Waals surface area contributed by atoms with E-state index in [4.69, 9.17) is 4.98 Å². The number of aryl methyl sites for hydroxylation is 2. The molecule has 4 heterocycles. The molecule has 0 spiro atoms. The number of piperidine rings is 1. The maximum absolute atomic E-state index is 9.99. The van der Waals surface area contributed by atoms with Gasteiger partial charge in [0.05, 0.1) is 17.3 Å². The van der Waals surface area contributed by atoms with Crippen molar-refractivity contribution in [3.63, 3.8) is 0 Å². The number of rotatable bonds is 4. The Morgan fingerprint density at radius 1 is 1.06 bits per heavy atom. The molecule has 1 atom stereocenters. The SMILES string of the molecule is Cc1cc(Nc2nccc(N3CCCC(O)C3)n2)n(-c2cc(C)c3ccccc3n2)n1. The van der Waals surface area contributed by atoms with Crippen molar-refractivity contribution in [2.24, 2.45) is 0 Å². The van der Waals surface area contributed by atoms with Crippen LogP contribution >= 0.6 is 0 Å². The average molecular weight is 416 g/mol. The second-order valence-corrected chi connectivity index (χ2v) is 8.00. The molecule has 0 amide bonds. The summed E-state index contributed by atoms with van der Waals surface area (Å²) in [5.74, 6) is 2.77. The van der Waals surface area contributed by atoms with Gasteiger partial charge in [0, 0.05) is 30.7 Å². The number of anilines is 3. The van der Waals surface area contributed by atoms with Crippen LogP contribution < -0.4 is 10.2 Å². The first-order chi connectivity index (χ1) is 15.1. The Morgan fingerprint density at radius 2 is 1.94 bits per heavy atom. The Hall–Kier alpha value is -3.52. The average Bonchev–Trinajstić information content (AvgIpc) is 3.14. The highest BCUT2D eigenvalue weighted by Crippen LogP contribution is 2.24. The quantitative estimate of drug-likeness (QED) is 0.527. The summed E-state index contributed by atoms with van der Waals surface area (Å²) in [6, 6.07) is 14.0. The Labute approximate surface area is 180 Å². The number of nitrogens with one attached hydrogen (secondary N) is 1. The predicted octanol–water partition coefficient (Wildman–Crippen LogP) is 3.53. The lowest BCUT2D eigenvalue weighted by atomic mass is 10.1. The van der Waals surface area contributed by atoms with E-state index in [1.54, 1.807) is 10.9 Å². The summed E-state index contributed by atoms with van der Waals surface area (Å²) in [6.45, 7) is 5.50. The van der Waals surface area contributed by atoms with Crippen molar-refractivity contribution < 1.29 is 5.11 Å². The van der Waals surface area contributed by atoms with E-state index >= 15 is 0 Å². The van der Waals surface area contributed by atoms with E-state index in [1.165, 1.54) is 0 Å². The fraction of sp³-hybridized carbons (Fsp3) is 0.304. The molecule has 8 heteroatoms. The van der Waals surface area contributed by atoms with Crippen molar-refractivity contribution in [1.82, 2.24) is 24.7 Å². The van der Waals surface area contributed by atoms with E-state index in [2.05, 4.69) is 38.3 Å². The zero-order chi connectivity index (χ0) is 21.4. The van der Waals surface area contributed by atoms with Crippen LogP contribution in [0.25, 0.3) is 16.7 Å². The molecule has 0 radical (unpaired) electrons. The lowest BCUT2D eigenvalue weighted by Crippen LogP contribution is -2.38. The minimum absolute atomic E-state index is 0.313. The number of para-hydroxylation sites is 1. The molecule has 0 aliphatic carbocycles. The third kappa shape index (κ3) is 3.94. The van der Waals surface area contributed by atoms with Crippen LogP contribution in [0.4, 0.5) is 17.6 Å². The molecule has 31 heavy (non-hydrogen) atoms. The topological polar surface area (TPSA) is 92.0 Å². The molecule has 0 saturated carbocycles. The van der Waals surface area contributed by atoms with Crippen LogP contribution in [-0.4, -0.2) is 49.0 Å². The lowest BCUT2D eigenvalue weighted by molar-refractivity contribution is 0.154. The summed E-state index contributed by atoms with van der Waals surface area (Å²) in [4.78, 5) is 16.0. The number of hydrogen-bond acceptors (Lipinski definition) is 7. The number of benzene rings is 1. The van der Waals surface area contributed by atoms with Gasteiger partial charge in [-0.3, -0.25) is 0 Å². The van der Waals surface area contributed by atoms with Gasteiger partial charge in [-0.25, -0.2) is 9.97 Å². The second kappa shape index (κ2) is 7.96. The van der Waals surface area contributed by atoms with E-state index in [-0.39, 0.29) is 6.10 Å². The summed E-state index contributed by atoms with van der Waals surface area (Å²) < 4.78 is 1.79. The van der Waals surface area contributed by atoms with Gasteiger partial charge in [-0.05, 0) is 50.5 Å². The summed E-state index contributed by atoms with van der Waals surface area (Å²) in [5, 5.41) is 19.1. The molecule has 0 bridgehead atoms. The van der Waals surface area contributed by atoms with Crippen LogP contribution in [0.15, 0.2) is 48.7 Å². The molecule has 8 nitrogen and oxygen atoms in total. The van der Waals surface area contributed by atoms with Crippen molar-refractivity contribution >= 4 is 28.5 Å². The Balaban J connectivity index is 1.48. The number of nitrogens with zero attached hydrogens (tertiary/aromatic N) is 6. The van der Waals surface area contributed by atoms with Crippen LogP contribution in [0.5, 0.6) is 0 Å². The maximum Gasteiger partial charge on any atom is 0.230 e. The number of aromatic nitrogens is 5. The van der Waals surface area contributed by atoms with E-state index < -0.39 is 0 Å². The summed E-state index contributed by atoms with van der Waals surface area (Å²) in [7, 11) is 0. The standard InChI is InChI=1S/C23H25N7O/c1-15-12-21(25-19-8-4-3-7-18(15)19)30-22(13-16(2)28-30)27-23-24-10-9-20(26-23)29-11-5-6-17(31)14-29/h3-4,7-10,12-13,17,31H,5-6,11,14H2,1-2H3,(H,24,26,27). The van der Waals surface area contributed by atoms with Gasteiger partial charge in [0.25, 0.3) is 0 Å². The number of hydrogen-bond donors (Lipinski definition) is 2. The Morgan fingerprint density at radius 3 is 2.81 bits per heavy atom. The Bertz CT molecular complexity index is 1240. The smallest absolute Gasteiger partial charge is 0.230 e. The van der Waals surface area contributed by atoms with Gasteiger partial charge in [0.2, 0.25) is 5.95 Å². The molecule has 1 aromatic carbocycles. The summed E-state index contributed by atoms with van der Waals surface area (Å²) in [6.07, 6.45) is 3.21. The molecular formula is C23H25N7O. The van der Waals surface area contributed by atoms with Crippen molar-refractivity contribution in [2.75, 3.05) is 23.3 Å². The molecule has 5 rings (SSSR count). The predicted molar refractivity (Wildman–Crippen MR) is 121 cm³/mol. The van der Waals surface area contributed by atoms with Gasteiger partial charge < -0.3 is 15.3 Å². The van der Waals surface area contributed by atoms with Crippen LogP contribution in [0, 0.1) is 13.8 Å². The van der Waals surface area contributed by atoms with E-state index in [0.29, 0.717) is 12.5 Å². The number of β-amino-alcohol motifs (C(OH)–C–C–N with tert-alkyl or cyclic N) is 1. The first-order valence-corrected chi connectivity index (χ1v) is 10.5.